The van der Waals surface area contributed by atoms with Gasteiger partial charge in [0, 0.05) is 6.04 Å². The van der Waals surface area contributed by atoms with Crippen molar-refractivity contribution in [3.63, 3.8) is 0 Å². The number of amides is 2. The van der Waals surface area contributed by atoms with Gasteiger partial charge in [-0.2, -0.15) is 5.48 Å². The Balaban J connectivity index is 3.53. The molecule has 1 unspecified atom stereocenters. The molecule has 0 spiro atoms. The first kappa shape index (κ1) is 13.9. The van der Waals surface area contributed by atoms with Crippen molar-refractivity contribution in [1.29, 1.82) is 0 Å². The molecule has 0 saturated heterocycles. The van der Waals surface area contributed by atoms with Crippen LogP contribution in [0.2, 0.25) is 0 Å². The summed E-state index contributed by atoms with van der Waals surface area (Å²) in [4.78, 5) is 26.1. The fraction of sp³-hybridized carbons (Fsp3) is 0.778. The molecule has 0 fully saturated rings. The standard InChI is InChI=1S/C9H19N3O3/c1-6(2)7(3)12-9(14)4-11-15-5-8(10)13/h6-7,11H,4-5H2,1-3H3,(H2,10,13)(H,12,14). The Bertz CT molecular complexity index is 219. The summed E-state index contributed by atoms with van der Waals surface area (Å²) < 4.78 is 0. The summed E-state index contributed by atoms with van der Waals surface area (Å²) >= 11 is 0. The third kappa shape index (κ3) is 7.90. The molecule has 6 nitrogen and oxygen atoms in total. The predicted molar refractivity (Wildman–Crippen MR) is 55.6 cm³/mol. The first-order chi connectivity index (χ1) is 6.93. The van der Waals surface area contributed by atoms with Gasteiger partial charge in [-0.05, 0) is 12.8 Å². The molecule has 0 rings (SSSR count). The average molecular weight is 217 g/mol. The monoisotopic (exact) mass is 217 g/mol. The second kappa shape index (κ2) is 7.19. The molecule has 2 amide bonds. The van der Waals surface area contributed by atoms with Crippen LogP contribution in [0.1, 0.15) is 20.8 Å². The van der Waals surface area contributed by atoms with Gasteiger partial charge in [0.25, 0.3) is 0 Å². The summed E-state index contributed by atoms with van der Waals surface area (Å²) in [5, 5.41) is 2.77. The third-order valence-corrected chi connectivity index (χ3v) is 1.94. The lowest BCUT2D eigenvalue weighted by Crippen LogP contribution is -2.41. The minimum atomic E-state index is -0.585. The van der Waals surface area contributed by atoms with E-state index >= 15 is 0 Å². The van der Waals surface area contributed by atoms with Gasteiger partial charge in [-0.3, -0.25) is 14.4 Å². The number of rotatable bonds is 7. The van der Waals surface area contributed by atoms with E-state index in [-0.39, 0.29) is 25.1 Å². The molecule has 0 aromatic rings. The Morgan fingerprint density at radius 1 is 1.33 bits per heavy atom. The summed E-state index contributed by atoms with van der Waals surface area (Å²) in [7, 11) is 0. The third-order valence-electron chi connectivity index (χ3n) is 1.94. The Morgan fingerprint density at radius 2 is 1.93 bits per heavy atom. The first-order valence-corrected chi connectivity index (χ1v) is 4.85. The van der Waals surface area contributed by atoms with Crippen molar-refractivity contribution < 1.29 is 14.4 Å². The number of hydrogen-bond acceptors (Lipinski definition) is 4. The number of nitrogens with one attached hydrogen (secondary N) is 2. The smallest absolute Gasteiger partial charge is 0.245 e. The number of nitrogens with two attached hydrogens (primary N) is 1. The van der Waals surface area contributed by atoms with Gasteiger partial charge in [0.1, 0.15) is 6.61 Å². The van der Waals surface area contributed by atoms with Crippen LogP contribution in [0.25, 0.3) is 0 Å². The van der Waals surface area contributed by atoms with E-state index in [1.54, 1.807) is 0 Å². The van der Waals surface area contributed by atoms with Crippen LogP contribution < -0.4 is 16.5 Å². The lowest BCUT2D eigenvalue weighted by Gasteiger charge is -2.17. The van der Waals surface area contributed by atoms with Crippen LogP contribution in [-0.4, -0.2) is 31.0 Å². The maximum atomic E-state index is 11.2. The molecule has 15 heavy (non-hydrogen) atoms. The summed E-state index contributed by atoms with van der Waals surface area (Å²) in [6.45, 7) is 5.72. The molecule has 0 radical (unpaired) electrons. The van der Waals surface area contributed by atoms with Crippen LogP contribution in [0, 0.1) is 5.92 Å². The molecule has 0 bridgehead atoms. The van der Waals surface area contributed by atoms with E-state index < -0.39 is 5.91 Å². The highest BCUT2D eigenvalue weighted by molar-refractivity contribution is 5.78. The van der Waals surface area contributed by atoms with Crippen LogP contribution in [0.5, 0.6) is 0 Å². The molecule has 0 aromatic carbocycles. The molecule has 6 heteroatoms. The SMILES string of the molecule is CC(C)C(C)NC(=O)CNOCC(N)=O. The highest BCUT2D eigenvalue weighted by Crippen LogP contribution is 1.98. The summed E-state index contributed by atoms with van der Waals surface area (Å²) in [5.41, 5.74) is 7.17. The maximum absolute atomic E-state index is 11.2. The summed E-state index contributed by atoms with van der Waals surface area (Å²) in [6, 6.07) is 0.107. The lowest BCUT2D eigenvalue weighted by atomic mass is 10.1. The lowest BCUT2D eigenvalue weighted by molar-refractivity contribution is -0.129. The Kier molecular flexibility index (Phi) is 6.64. The topological polar surface area (TPSA) is 93.4 Å². The normalized spacial score (nSPS) is 12.5. The molecule has 0 saturated carbocycles. The number of carbonyl (C=O) groups excluding carboxylic acids is 2. The summed E-state index contributed by atoms with van der Waals surface area (Å²) in [6.07, 6.45) is 0. The number of hydrogen-bond donors (Lipinski definition) is 3. The van der Waals surface area contributed by atoms with E-state index in [9.17, 15) is 9.59 Å². The van der Waals surface area contributed by atoms with E-state index in [0.29, 0.717) is 5.92 Å². The van der Waals surface area contributed by atoms with Crippen molar-refractivity contribution in [2.75, 3.05) is 13.2 Å². The Hall–Kier alpha value is -1.14. The Labute approximate surface area is 89.5 Å². The van der Waals surface area contributed by atoms with Gasteiger partial charge in [-0.25, -0.2) is 0 Å². The second-order valence-electron chi connectivity index (χ2n) is 3.68. The fourth-order valence-electron chi connectivity index (χ4n) is 0.710. The highest BCUT2D eigenvalue weighted by Gasteiger charge is 2.10. The molecular formula is C9H19N3O3. The molecule has 0 heterocycles. The van der Waals surface area contributed by atoms with Crippen LogP contribution in [-0.2, 0) is 14.4 Å². The highest BCUT2D eigenvalue weighted by atomic mass is 16.6. The van der Waals surface area contributed by atoms with Gasteiger partial charge in [0.2, 0.25) is 11.8 Å². The van der Waals surface area contributed by atoms with E-state index in [2.05, 4.69) is 15.6 Å². The second-order valence-corrected chi connectivity index (χ2v) is 3.68. The van der Waals surface area contributed by atoms with Crippen LogP contribution in [0.15, 0.2) is 0 Å². The van der Waals surface area contributed by atoms with E-state index in [0.717, 1.165) is 0 Å². The Morgan fingerprint density at radius 3 is 2.40 bits per heavy atom. The molecular weight excluding hydrogens is 198 g/mol. The quantitative estimate of drug-likeness (QED) is 0.382. The predicted octanol–water partition coefficient (Wildman–Crippen LogP) is -0.846. The van der Waals surface area contributed by atoms with E-state index in [4.69, 9.17) is 5.73 Å². The molecule has 0 aliphatic rings. The van der Waals surface area contributed by atoms with Crippen molar-refractivity contribution in [2.45, 2.75) is 26.8 Å². The summed E-state index contributed by atoms with van der Waals surface area (Å²) in [5.74, 6) is -0.389. The van der Waals surface area contributed by atoms with E-state index in [1.165, 1.54) is 0 Å². The molecule has 0 aliphatic heterocycles. The largest absolute Gasteiger partial charge is 0.368 e. The van der Waals surface area contributed by atoms with Gasteiger partial charge in [-0.15, -0.1) is 0 Å². The van der Waals surface area contributed by atoms with Crippen molar-refractivity contribution >= 4 is 11.8 Å². The minimum absolute atomic E-state index is 0.00431. The van der Waals surface area contributed by atoms with E-state index in [1.807, 2.05) is 20.8 Å². The average Bonchev–Trinajstić information content (AvgIpc) is 2.12. The molecule has 0 aromatic heterocycles. The maximum Gasteiger partial charge on any atom is 0.245 e. The van der Waals surface area contributed by atoms with Gasteiger partial charge in [0.15, 0.2) is 0 Å². The zero-order valence-corrected chi connectivity index (χ0v) is 9.37. The number of primary amides is 1. The van der Waals surface area contributed by atoms with Crippen molar-refractivity contribution in [3.05, 3.63) is 0 Å². The molecule has 88 valence electrons. The van der Waals surface area contributed by atoms with Crippen LogP contribution in [0.4, 0.5) is 0 Å². The first-order valence-electron chi connectivity index (χ1n) is 4.85. The van der Waals surface area contributed by atoms with Gasteiger partial charge in [0.05, 0.1) is 6.54 Å². The zero-order chi connectivity index (χ0) is 11.8. The van der Waals surface area contributed by atoms with Gasteiger partial charge < -0.3 is 11.1 Å². The van der Waals surface area contributed by atoms with Gasteiger partial charge >= 0.3 is 0 Å². The van der Waals surface area contributed by atoms with Crippen molar-refractivity contribution in [2.24, 2.45) is 11.7 Å². The molecule has 0 aliphatic carbocycles. The number of hydroxylamine groups is 1. The van der Waals surface area contributed by atoms with Crippen LogP contribution >= 0.6 is 0 Å². The zero-order valence-electron chi connectivity index (χ0n) is 9.37. The van der Waals surface area contributed by atoms with Gasteiger partial charge in [-0.1, -0.05) is 13.8 Å². The van der Waals surface area contributed by atoms with Crippen molar-refractivity contribution in [3.8, 4) is 0 Å². The van der Waals surface area contributed by atoms with Crippen LogP contribution in [0.3, 0.4) is 0 Å². The molecule has 1 atom stereocenters. The molecule has 4 N–H and O–H groups in total. The fourth-order valence-corrected chi connectivity index (χ4v) is 0.710. The minimum Gasteiger partial charge on any atom is -0.368 e. The van der Waals surface area contributed by atoms with Crippen molar-refractivity contribution in [1.82, 2.24) is 10.8 Å². The number of carbonyl (C=O) groups is 2.